The van der Waals surface area contributed by atoms with Gasteiger partial charge in [-0.15, -0.1) is 0 Å². The van der Waals surface area contributed by atoms with Gasteiger partial charge in [0.1, 0.15) is 17.2 Å². The molecule has 140 valence electrons. The van der Waals surface area contributed by atoms with Crippen molar-refractivity contribution < 1.29 is 15.3 Å². The molecule has 0 spiro atoms. The summed E-state index contributed by atoms with van der Waals surface area (Å²) in [6, 6.07) is 23.1. The second-order valence-corrected chi connectivity index (χ2v) is 6.51. The van der Waals surface area contributed by atoms with Crippen LogP contribution in [0.15, 0.2) is 72.8 Å². The lowest BCUT2D eigenvalue weighted by molar-refractivity contribution is 0.474. The predicted molar refractivity (Wildman–Crippen MR) is 110 cm³/mol. The Bertz CT molecular complexity index is 948. The molecule has 3 aromatic carbocycles. The number of benzene rings is 3. The largest absolute Gasteiger partial charge is 0.508 e. The number of hydrogen-bond donors (Lipinski definition) is 3. The molecule has 0 bridgehead atoms. The first kappa shape index (κ1) is 19.1. The Kier molecular flexibility index (Phi) is 5.98. The van der Waals surface area contributed by atoms with Gasteiger partial charge in [-0.3, -0.25) is 0 Å². The second kappa shape index (κ2) is 8.79. The summed E-state index contributed by atoms with van der Waals surface area (Å²) in [5, 5.41) is 38.0. The second-order valence-electron chi connectivity index (χ2n) is 6.51. The molecule has 0 saturated heterocycles. The summed E-state index contributed by atoms with van der Waals surface area (Å²) in [6.45, 7) is 0. The van der Waals surface area contributed by atoms with E-state index in [0.29, 0.717) is 19.3 Å². The van der Waals surface area contributed by atoms with E-state index in [0.717, 1.165) is 27.8 Å². The summed E-state index contributed by atoms with van der Waals surface area (Å²) in [7, 11) is 0. The van der Waals surface area contributed by atoms with Gasteiger partial charge in [0, 0.05) is 6.42 Å². The highest BCUT2D eigenvalue weighted by Gasteiger charge is 2.14. The molecule has 0 aliphatic carbocycles. The Morgan fingerprint density at radius 1 is 0.643 bits per heavy atom. The molecule has 0 fully saturated rings. The van der Waals surface area contributed by atoms with Crippen LogP contribution in [0.5, 0.6) is 17.2 Å². The Morgan fingerprint density at radius 3 is 1.43 bits per heavy atom. The van der Waals surface area contributed by atoms with Gasteiger partial charge in [0.25, 0.3) is 0 Å². The van der Waals surface area contributed by atoms with Gasteiger partial charge < -0.3 is 15.3 Å². The summed E-state index contributed by atoms with van der Waals surface area (Å²) in [5.74, 6) is 0.560. The molecule has 0 atom stereocenters. The van der Waals surface area contributed by atoms with Crippen LogP contribution in [0.4, 0.5) is 0 Å². The van der Waals surface area contributed by atoms with E-state index in [-0.39, 0.29) is 17.2 Å². The van der Waals surface area contributed by atoms with Crippen LogP contribution >= 0.6 is 0 Å². The highest BCUT2D eigenvalue weighted by Crippen LogP contribution is 2.36. The number of nitrogens with zero attached hydrogens (tertiary/aromatic N) is 1. The van der Waals surface area contributed by atoms with Gasteiger partial charge in [-0.2, -0.15) is 5.26 Å². The molecule has 0 unspecified atom stereocenters. The van der Waals surface area contributed by atoms with E-state index in [1.807, 2.05) is 36.4 Å². The van der Waals surface area contributed by atoms with E-state index < -0.39 is 0 Å². The van der Waals surface area contributed by atoms with Crippen LogP contribution in [0.2, 0.25) is 0 Å². The van der Waals surface area contributed by atoms with Crippen molar-refractivity contribution in [2.75, 3.05) is 0 Å². The molecule has 4 heteroatoms. The van der Waals surface area contributed by atoms with Crippen LogP contribution in [0.3, 0.4) is 0 Å². The van der Waals surface area contributed by atoms with E-state index in [2.05, 4.69) is 6.07 Å². The molecular formula is C24H21NO3. The minimum absolute atomic E-state index is 0.185. The highest BCUT2D eigenvalue weighted by molar-refractivity contribution is 5.98. The van der Waals surface area contributed by atoms with Crippen LogP contribution in [0.25, 0.3) is 11.1 Å². The van der Waals surface area contributed by atoms with E-state index in [1.54, 1.807) is 36.4 Å². The number of phenols is 3. The van der Waals surface area contributed by atoms with Crippen LogP contribution in [-0.2, 0) is 0 Å². The van der Waals surface area contributed by atoms with E-state index in [1.165, 1.54) is 0 Å². The van der Waals surface area contributed by atoms with Crippen molar-refractivity contribution in [2.45, 2.75) is 19.3 Å². The number of aromatic hydroxyl groups is 3. The maximum Gasteiger partial charge on any atom is 0.115 e. The van der Waals surface area contributed by atoms with Crippen molar-refractivity contribution in [1.82, 2.24) is 0 Å². The fourth-order valence-corrected chi connectivity index (χ4v) is 3.19. The minimum Gasteiger partial charge on any atom is -0.508 e. The molecule has 0 heterocycles. The van der Waals surface area contributed by atoms with Gasteiger partial charge in [0.2, 0.25) is 0 Å². The molecular weight excluding hydrogens is 350 g/mol. The zero-order valence-electron chi connectivity index (χ0n) is 15.3. The molecule has 0 aliphatic rings. The molecule has 0 amide bonds. The Balaban J connectivity index is 2.23. The van der Waals surface area contributed by atoms with Crippen molar-refractivity contribution in [3.05, 3.63) is 89.5 Å². The number of phenolic OH excluding ortho intramolecular Hbond substituents is 3. The standard InChI is InChI=1S/C24H21NO3/c25-16-2-1-3-23(17-4-10-20(26)11-5-17)24(18-6-12-21(27)13-7-18)19-8-14-22(28)15-9-19/h4-15,26-28H,1-3H2. The minimum atomic E-state index is 0.185. The van der Waals surface area contributed by atoms with Crippen molar-refractivity contribution in [2.24, 2.45) is 0 Å². The molecule has 0 aromatic heterocycles. The molecule has 0 aliphatic heterocycles. The third-order valence-electron chi connectivity index (χ3n) is 4.54. The SMILES string of the molecule is N#CCCCC(=C(c1ccc(O)cc1)c1ccc(O)cc1)c1ccc(O)cc1. The van der Waals surface area contributed by atoms with Crippen LogP contribution in [0.1, 0.15) is 36.0 Å². The number of allylic oxidation sites excluding steroid dienone is 1. The summed E-state index contributed by atoms with van der Waals surface area (Å²) < 4.78 is 0. The van der Waals surface area contributed by atoms with Gasteiger partial charge in [0.05, 0.1) is 6.07 Å². The number of unbranched alkanes of at least 4 members (excludes halogenated alkanes) is 1. The average Bonchev–Trinajstić information content (AvgIpc) is 2.70. The number of rotatable bonds is 6. The average molecular weight is 371 g/mol. The molecule has 0 radical (unpaired) electrons. The lowest BCUT2D eigenvalue weighted by Crippen LogP contribution is -1.96. The third kappa shape index (κ3) is 4.52. The fourth-order valence-electron chi connectivity index (χ4n) is 3.19. The van der Waals surface area contributed by atoms with Crippen molar-refractivity contribution in [1.29, 1.82) is 5.26 Å². The first-order valence-corrected chi connectivity index (χ1v) is 9.07. The van der Waals surface area contributed by atoms with Crippen LogP contribution in [0, 0.1) is 11.3 Å². The van der Waals surface area contributed by atoms with Crippen molar-refractivity contribution in [3.8, 4) is 23.3 Å². The van der Waals surface area contributed by atoms with E-state index in [4.69, 9.17) is 5.26 Å². The highest BCUT2D eigenvalue weighted by atomic mass is 16.3. The smallest absolute Gasteiger partial charge is 0.115 e. The molecule has 28 heavy (non-hydrogen) atoms. The summed E-state index contributed by atoms with van der Waals surface area (Å²) >= 11 is 0. The van der Waals surface area contributed by atoms with Gasteiger partial charge in [-0.25, -0.2) is 0 Å². The summed E-state index contributed by atoms with van der Waals surface area (Å²) in [5.41, 5.74) is 4.79. The monoisotopic (exact) mass is 371 g/mol. The fraction of sp³-hybridized carbons (Fsp3) is 0.125. The first-order chi connectivity index (χ1) is 13.6. The van der Waals surface area contributed by atoms with Crippen molar-refractivity contribution in [3.63, 3.8) is 0 Å². The van der Waals surface area contributed by atoms with Crippen LogP contribution < -0.4 is 0 Å². The van der Waals surface area contributed by atoms with E-state index >= 15 is 0 Å². The topological polar surface area (TPSA) is 84.5 Å². The van der Waals surface area contributed by atoms with Gasteiger partial charge in [0.15, 0.2) is 0 Å². The molecule has 3 rings (SSSR count). The van der Waals surface area contributed by atoms with Crippen LogP contribution in [-0.4, -0.2) is 15.3 Å². The lowest BCUT2D eigenvalue weighted by atomic mass is 9.87. The lowest BCUT2D eigenvalue weighted by Gasteiger charge is -2.17. The normalized spacial score (nSPS) is 10.2. The Morgan fingerprint density at radius 2 is 1.04 bits per heavy atom. The van der Waals surface area contributed by atoms with Crippen molar-refractivity contribution >= 4 is 11.1 Å². The predicted octanol–water partition coefficient (Wildman–Crippen LogP) is 5.46. The molecule has 3 aromatic rings. The maximum atomic E-state index is 9.69. The van der Waals surface area contributed by atoms with Gasteiger partial charge in [-0.1, -0.05) is 36.4 Å². The van der Waals surface area contributed by atoms with Gasteiger partial charge >= 0.3 is 0 Å². The van der Waals surface area contributed by atoms with E-state index in [9.17, 15) is 15.3 Å². The number of nitriles is 1. The first-order valence-electron chi connectivity index (χ1n) is 9.07. The number of hydrogen-bond acceptors (Lipinski definition) is 4. The summed E-state index contributed by atoms with van der Waals surface area (Å²) in [4.78, 5) is 0. The molecule has 4 nitrogen and oxygen atoms in total. The quantitative estimate of drug-likeness (QED) is 0.397. The Labute approximate surface area is 164 Å². The summed E-state index contributed by atoms with van der Waals surface area (Å²) in [6.07, 6.45) is 1.82. The Hall–Kier alpha value is -3.71. The molecule has 0 saturated carbocycles. The molecule has 3 N–H and O–H groups in total. The van der Waals surface area contributed by atoms with Gasteiger partial charge in [-0.05, 0) is 77.1 Å². The third-order valence-corrected chi connectivity index (χ3v) is 4.54. The zero-order valence-corrected chi connectivity index (χ0v) is 15.3. The maximum absolute atomic E-state index is 9.69. The zero-order chi connectivity index (χ0) is 19.9.